The monoisotopic (exact) mass is 324 g/mol. The number of nitriles is 1. The van der Waals surface area contributed by atoms with Gasteiger partial charge in [-0.2, -0.15) is 5.26 Å². The molecule has 0 aliphatic carbocycles. The lowest BCUT2D eigenvalue weighted by atomic mass is 10.2. The summed E-state index contributed by atoms with van der Waals surface area (Å²) < 4.78 is 26.3. The molecule has 0 spiro atoms. The number of benzene rings is 1. The molecule has 0 amide bonds. The zero-order chi connectivity index (χ0) is 13.3. The zero-order valence-corrected chi connectivity index (χ0v) is 11.9. The maximum absolute atomic E-state index is 12.4. The first-order valence-corrected chi connectivity index (χ1v) is 7.28. The molecule has 0 aliphatic rings. The summed E-state index contributed by atoms with van der Waals surface area (Å²) >= 11 is 3.20. The standard InChI is InChI=1S/C12H9BrN2O2S/c1-9-5-12(13)15(8-9)18(16,17)11-4-2-3-10(6-11)7-14/h2-6,8H,1H3. The molecule has 0 saturated heterocycles. The highest BCUT2D eigenvalue weighted by atomic mass is 79.9. The third-order valence-electron chi connectivity index (χ3n) is 2.40. The van der Waals surface area contributed by atoms with Gasteiger partial charge in [-0.25, -0.2) is 12.4 Å². The average Bonchev–Trinajstić information content (AvgIpc) is 2.69. The maximum atomic E-state index is 12.4. The molecule has 0 fully saturated rings. The molecule has 2 rings (SSSR count). The lowest BCUT2D eigenvalue weighted by molar-refractivity contribution is 0.586. The second-order valence-electron chi connectivity index (χ2n) is 3.78. The van der Waals surface area contributed by atoms with Crippen LogP contribution in [0.4, 0.5) is 0 Å². The van der Waals surface area contributed by atoms with E-state index in [1.54, 1.807) is 18.2 Å². The van der Waals surface area contributed by atoms with E-state index in [0.29, 0.717) is 10.2 Å². The molecule has 2 aromatic rings. The van der Waals surface area contributed by atoms with Crippen LogP contribution in [0.3, 0.4) is 0 Å². The highest BCUT2D eigenvalue weighted by Gasteiger charge is 2.19. The summed E-state index contributed by atoms with van der Waals surface area (Å²) in [7, 11) is -3.66. The molecule has 1 aromatic heterocycles. The largest absolute Gasteiger partial charge is 0.268 e. The molecule has 18 heavy (non-hydrogen) atoms. The van der Waals surface area contributed by atoms with Crippen molar-refractivity contribution in [2.45, 2.75) is 11.8 Å². The molecule has 0 saturated carbocycles. The van der Waals surface area contributed by atoms with Gasteiger partial charge in [0.05, 0.1) is 21.1 Å². The Morgan fingerprint density at radius 3 is 2.61 bits per heavy atom. The fourth-order valence-electron chi connectivity index (χ4n) is 1.56. The second kappa shape index (κ2) is 4.59. The van der Waals surface area contributed by atoms with E-state index in [-0.39, 0.29) is 4.90 Å². The second-order valence-corrected chi connectivity index (χ2v) is 6.41. The Morgan fingerprint density at radius 1 is 1.33 bits per heavy atom. The smallest absolute Gasteiger partial charge is 0.235 e. The summed E-state index contributed by atoms with van der Waals surface area (Å²) in [6.45, 7) is 1.81. The van der Waals surface area contributed by atoms with E-state index in [1.807, 2.05) is 13.0 Å². The minimum absolute atomic E-state index is 0.0952. The molecular formula is C12H9BrN2O2S. The van der Waals surface area contributed by atoms with Gasteiger partial charge in [0, 0.05) is 6.20 Å². The Morgan fingerprint density at radius 2 is 2.06 bits per heavy atom. The first kappa shape index (κ1) is 12.9. The first-order valence-electron chi connectivity index (χ1n) is 5.05. The lowest BCUT2D eigenvalue weighted by Crippen LogP contribution is -2.12. The van der Waals surface area contributed by atoms with E-state index < -0.39 is 10.0 Å². The molecule has 0 atom stereocenters. The van der Waals surface area contributed by atoms with Gasteiger partial charge in [0.2, 0.25) is 0 Å². The van der Waals surface area contributed by atoms with E-state index >= 15 is 0 Å². The van der Waals surface area contributed by atoms with Crippen molar-refractivity contribution in [3.05, 3.63) is 52.3 Å². The highest BCUT2D eigenvalue weighted by molar-refractivity contribution is 9.10. The number of hydrogen-bond donors (Lipinski definition) is 0. The molecule has 6 heteroatoms. The topological polar surface area (TPSA) is 62.9 Å². The van der Waals surface area contributed by atoms with Crippen LogP contribution < -0.4 is 0 Å². The summed E-state index contributed by atoms with van der Waals surface area (Å²) in [5, 5.41) is 8.80. The Bertz CT molecular complexity index is 742. The van der Waals surface area contributed by atoms with Crippen molar-refractivity contribution in [2.75, 3.05) is 0 Å². The molecule has 0 N–H and O–H groups in total. The molecule has 92 valence electrons. The maximum Gasteiger partial charge on any atom is 0.268 e. The fourth-order valence-corrected chi connectivity index (χ4v) is 3.94. The molecular weight excluding hydrogens is 316 g/mol. The van der Waals surface area contributed by atoms with Gasteiger partial charge in [-0.3, -0.25) is 0 Å². The number of aromatic nitrogens is 1. The van der Waals surface area contributed by atoms with Crippen molar-refractivity contribution in [1.82, 2.24) is 3.97 Å². The first-order chi connectivity index (χ1) is 8.45. The molecule has 0 aliphatic heterocycles. The SMILES string of the molecule is Cc1cc(Br)n(S(=O)(=O)c2cccc(C#N)c2)c1. The molecule has 4 nitrogen and oxygen atoms in total. The summed E-state index contributed by atoms with van der Waals surface area (Å²) in [4.78, 5) is 0.0952. The van der Waals surface area contributed by atoms with Crippen molar-refractivity contribution in [1.29, 1.82) is 5.26 Å². The molecule has 0 radical (unpaired) electrons. The molecule has 1 heterocycles. The zero-order valence-electron chi connectivity index (χ0n) is 9.46. The van der Waals surface area contributed by atoms with Crippen molar-refractivity contribution >= 4 is 26.0 Å². The lowest BCUT2D eigenvalue weighted by Gasteiger charge is -2.07. The van der Waals surface area contributed by atoms with Crippen LogP contribution in [0.25, 0.3) is 0 Å². The van der Waals surface area contributed by atoms with E-state index in [4.69, 9.17) is 5.26 Å². The van der Waals surface area contributed by atoms with Gasteiger partial charge in [0.15, 0.2) is 0 Å². The van der Waals surface area contributed by atoms with Crippen molar-refractivity contribution in [2.24, 2.45) is 0 Å². The summed E-state index contributed by atoms with van der Waals surface area (Å²) in [5.41, 5.74) is 1.15. The summed E-state index contributed by atoms with van der Waals surface area (Å²) in [6, 6.07) is 9.58. The van der Waals surface area contributed by atoms with E-state index in [0.717, 1.165) is 9.54 Å². The Hall–Kier alpha value is -1.58. The van der Waals surface area contributed by atoms with Gasteiger partial charge in [-0.05, 0) is 52.7 Å². The van der Waals surface area contributed by atoms with Crippen molar-refractivity contribution < 1.29 is 8.42 Å². The van der Waals surface area contributed by atoms with Crippen LogP contribution in [0.1, 0.15) is 11.1 Å². The van der Waals surface area contributed by atoms with Crippen LogP contribution in [-0.2, 0) is 10.0 Å². The highest BCUT2D eigenvalue weighted by Crippen LogP contribution is 2.22. The quantitative estimate of drug-likeness (QED) is 0.853. The molecule has 0 bridgehead atoms. The predicted octanol–water partition coefficient (Wildman–Crippen LogP) is 2.67. The Kier molecular flexibility index (Phi) is 3.28. The third-order valence-corrected chi connectivity index (χ3v) is 4.91. The Balaban J connectivity index is 2.62. The molecule has 0 unspecified atom stereocenters. The number of aryl methyl sites for hydroxylation is 1. The molecule has 1 aromatic carbocycles. The summed E-state index contributed by atoms with van der Waals surface area (Å²) in [5.74, 6) is 0. The number of hydrogen-bond acceptors (Lipinski definition) is 3. The minimum atomic E-state index is -3.66. The van der Waals surface area contributed by atoms with Crippen molar-refractivity contribution in [3.63, 3.8) is 0 Å². The van der Waals surface area contributed by atoms with E-state index in [9.17, 15) is 8.42 Å². The third kappa shape index (κ3) is 2.19. The van der Waals surface area contributed by atoms with Crippen molar-refractivity contribution in [3.8, 4) is 6.07 Å². The summed E-state index contributed by atoms with van der Waals surface area (Å²) in [6.07, 6.45) is 1.53. The van der Waals surface area contributed by atoms with Gasteiger partial charge in [0.1, 0.15) is 0 Å². The minimum Gasteiger partial charge on any atom is -0.235 e. The predicted molar refractivity (Wildman–Crippen MR) is 70.6 cm³/mol. The average molecular weight is 325 g/mol. The van der Waals surface area contributed by atoms with E-state index in [1.165, 1.54) is 18.3 Å². The number of rotatable bonds is 2. The van der Waals surface area contributed by atoms with Gasteiger partial charge >= 0.3 is 0 Å². The van der Waals surface area contributed by atoms with Crippen LogP contribution >= 0.6 is 15.9 Å². The Labute approximate surface area is 114 Å². The fraction of sp³-hybridized carbons (Fsp3) is 0.0833. The van der Waals surface area contributed by atoms with Gasteiger partial charge in [-0.15, -0.1) is 0 Å². The van der Waals surface area contributed by atoms with Crippen LogP contribution in [0.2, 0.25) is 0 Å². The van der Waals surface area contributed by atoms with Crippen LogP contribution in [0, 0.1) is 18.3 Å². The van der Waals surface area contributed by atoms with Gasteiger partial charge in [-0.1, -0.05) is 6.07 Å². The van der Waals surface area contributed by atoms with E-state index in [2.05, 4.69) is 15.9 Å². The van der Waals surface area contributed by atoms with Gasteiger partial charge < -0.3 is 0 Å². The van der Waals surface area contributed by atoms with Crippen LogP contribution in [0.15, 0.2) is 46.0 Å². The normalized spacial score (nSPS) is 11.2. The van der Waals surface area contributed by atoms with Gasteiger partial charge in [0.25, 0.3) is 10.0 Å². The number of nitrogens with zero attached hydrogens (tertiary/aromatic N) is 2. The van der Waals surface area contributed by atoms with Crippen LogP contribution in [-0.4, -0.2) is 12.4 Å². The van der Waals surface area contributed by atoms with Crippen LogP contribution in [0.5, 0.6) is 0 Å². The number of halogens is 1.